The number of amides is 1. The molecule has 1 fully saturated rings. The van der Waals surface area contributed by atoms with Crippen molar-refractivity contribution >= 4 is 5.91 Å². The van der Waals surface area contributed by atoms with E-state index in [2.05, 4.69) is 43.5 Å². The lowest BCUT2D eigenvalue weighted by Gasteiger charge is -2.40. The number of aliphatic hydroxyl groups excluding tert-OH is 7. The Morgan fingerprint density at radius 1 is 0.515 bits per heavy atom. The maximum Gasteiger partial charge on any atom is 0.249 e. The summed E-state index contributed by atoms with van der Waals surface area (Å²) in [5, 5.41) is 75.9. The molecule has 11 nitrogen and oxygen atoms in total. The summed E-state index contributed by atoms with van der Waals surface area (Å²) in [5.41, 5.74) is 0. The van der Waals surface area contributed by atoms with Gasteiger partial charge in [-0.05, 0) is 51.4 Å². The molecular formula is C55H105NO10. The Morgan fingerprint density at radius 2 is 0.909 bits per heavy atom. The SMILES string of the molecule is CCCCCCC/C=C/CC/C=C/CCCC(O)C(O)C(COC1OC(CO)C(O)C(O)C1O)NC(=O)C(O)CCCCCCCCCCCCCCCCCCCCCCCCCCC. The predicted molar refractivity (Wildman–Crippen MR) is 270 cm³/mol. The van der Waals surface area contributed by atoms with Gasteiger partial charge in [-0.1, -0.05) is 224 Å². The molecule has 1 rings (SSSR count). The van der Waals surface area contributed by atoms with E-state index in [0.29, 0.717) is 19.3 Å². The highest BCUT2D eigenvalue weighted by Gasteiger charge is 2.44. The van der Waals surface area contributed by atoms with Crippen LogP contribution in [0.15, 0.2) is 24.3 Å². The van der Waals surface area contributed by atoms with Crippen LogP contribution < -0.4 is 5.32 Å². The summed E-state index contributed by atoms with van der Waals surface area (Å²) in [6, 6.07) is -1.19. The highest BCUT2D eigenvalue weighted by atomic mass is 16.7. The van der Waals surface area contributed by atoms with E-state index in [-0.39, 0.29) is 12.8 Å². The van der Waals surface area contributed by atoms with Crippen LogP contribution in [-0.2, 0) is 14.3 Å². The molecule has 0 bridgehead atoms. The van der Waals surface area contributed by atoms with Crippen LogP contribution in [0.4, 0.5) is 0 Å². The number of aliphatic hydroxyl groups is 7. The molecule has 9 atom stereocenters. The zero-order valence-corrected chi connectivity index (χ0v) is 42.4. The summed E-state index contributed by atoms with van der Waals surface area (Å²) in [5.74, 6) is -0.707. The third-order valence-corrected chi connectivity index (χ3v) is 13.5. The first-order valence-corrected chi connectivity index (χ1v) is 27.7. The summed E-state index contributed by atoms with van der Waals surface area (Å²) < 4.78 is 11.1. The van der Waals surface area contributed by atoms with Gasteiger partial charge in [-0.25, -0.2) is 0 Å². The van der Waals surface area contributed by atoms with Gasteiger partial charge in [0, 0.05) is 0 Å². The number of unbranched alkanes of at least 4 members (excludes halogenated alkanes) is 31. The first kappa shape index (κ1) is 62.6. The van der Waals surface area contributed by atoms with Crippen molar-refractivity contribution in [2.75, 3.05) is 13.2 Å². The Morgan fingerprint density at radius 3 is 1.35 bits per heavy atom. The van der Waals surface area contributed by atoms with Gasteiger partial charge in [0.1, 0.15) is 36.6 Å². The highest BCUT2D eigenvalue weighted by Crippen LogP contribution is 2.23. The lowest BCUT2D eigenvalue weighted by atomic mass is 9.98. The molecular weight excluding hydrogens is 835 g/mol. The van der Waals surface area contributed by atoms with E-state index < -0.39 is 74.2 Å². The second-order valence-electron chi connectivity index (χ2n) is 19.6. The zero-order chi connectivity index (χ0) is 48.3. The normalized spacial score (nSPS) is 20.9. The van der Waals surface area contributed by atoms with Crippen LogP contribution in [0.1, 0.15) is 251 Å². The molecule has 0 aromatic heterocycles. The fraction of sp³-hybridized carbons (Fsp3) is 0.909. The molecule has 9 unspecified atom stereocenters. The predicted octanol–water partition coefficient (Wildman–Crippen LogP) is 11.0. The van der Waals surface area contributed by atoms with Gasteiger partial charge in [-0.3, -0.25) is 4.79 Å². The molecule has 0 aromatic rings. The maximum atomic E-state index is 13.1. The molecule has 0 saturated carbocycles. The highest BCUT2D eigenvalue weighted by molar-refractivity contribution is 5.80. The summed E-state index contributed by atoms with van der Waals surface area (Å²) in [7, 11) is 0. The Hall–Kier alpha value is -1.41. The Bertz CT molecular complexity index is 1120. The number of nitrogens with one attached hydrogen (secondary N) is 1. The summed E-state index contributed by atoms with van der Waals surface area (Å²) in [4.78, 5) is 13.1. The quantitative estimate of drug-likeness (QED) is 0.0215. The van der Waals surface area contributed by atoms with Crippen molar-refractivity contribution in [3.63, 3.8) is 0 Å². The number of hydrogen-bond donors (Lipinski definition) is 8. The van der Waals surface area contributed by atoms with Crippen molar-refractivity contribution in [3.05, 3.63) is 24.3 Å². The smallest absolute Gasteiger partial charge is 0.249 e. The number of allylic oxidation sites excluding steroid dienone is 4. The third-order valence-electron chi connectivity index (χ3n) is 13.5. The summed E-state index contributed by atoms with van der Waals surface area (Å²) >= 11 is 0. The molecule has 0 aliphatic carbocycles. The van der Waals surface area contributed by atoms with Gasteiger partial charge in [0.05, 0.1) is 25.4 Å². The van der Waals surface area contributed by atoms with Crippen molar-refractivity contribution in [2.45, 2.75) is 306 Å². The molecule has 66 heavy (non-hydrogen) atoms. The molecule has 0 spiro atoms. The topological polar surface area (TPSA) is 189 Å². The van der Waals surface area contributed by atoms with Gasteiger partial charge in [-0.2, -0.15) is 0 Å². The fourth-order valence-corrected chi connectivity index (χ4v) is 8.93. The summed E-state index contributed by atoms with van der Waals surface area (Å²) in [6.07, 6.45) is 41.0. The van der Waals surface area contributed by atoms with Crippen molar-refractivity contribution < 1.29 is 50.0 Å². The van der Waals surface area contributed by atoms with Crippen molar-refractivity contribution in [3.8, 4) is 0 Å². The van der Waals surface area contributed by atoms with Crippen LogP contribution in [0, 0.1) is 0 Å². The van der Waals surface area contributed by atoms with Crippen molar-refractivity contribution in [1.29, 1.82) is 0 Å². The van der Waals surface area contributed by atoms with E-state index in [9.17, 15) is 40.5 Å². The van der Waals surface area contributed by atoms with E-state index in [0.717, 1.165) is 38.5 Å². The average molecular weight is 940 g/mol. The first-order valence-electron chi connectivity index (χ1n) is 27.7. The lowest BCUT2D eigenvalue weighted by Crippen LogP contribution is -2.60. The second kappa shape index (κ2) is 44.8. The number of carbonyl (C=O) groups is 1. The Balaban J connectivity index is 2.30. The minimum atomic E-state index is -1.67. The molecule has 0 radical (unpaired) electrons. The molecule has 1 heterocycles. The number of rotatable bonds is 47. The van der Waals surface area contributed by atoms with E-state index in [4.69, 9.17) is 9.47 Å². The Kier molecular flexibility index (Phi) is 42.5. The van der Waals surface area contributed by atoms with E-state index in [1.54, 1.807) is 0 Å². The van der Waals surface area contributed by atoms with Gasteiger partial charge < -0.3 is 50.5 Å². The molecule has 1 saturated heterocycles. The minimum absolute atomic E-state index is 0.248. The third kappa shape index (κ3) is 33.2. The maximum absolute atomic E-state index is 13.1. The van der Waals surface area contributed by atoms with Crippen LogP contribution in [0.3, 0.4) is 0 Å². The molecule has 8 N–H and O–H groups in total. The van der Waals surface area contributed by atoms with Crippen LogP contribution in [0.2, 0.25) is 0 Å². The van der Waals surface area contributed by atoms with Gasteiger partial charge in [0.2, 0.25) is 5.91 Å². The van der Waals surface area contributed by atoms with E-state index >= 15 is 0 Å². The fourth-order valence-electron chi connectivity index (χ4n) is 8.93. The number of hydrogen-bond acceptors (Lipinski definition) is 10. The van der Waals surface area contributed by atoms with Crippen LogP contribution in [-0.4, -0.2) is 110 Å². The van der Waals surface area contributed by atoms with Crippen LogP contribution in [0.5, 0.6) is 0 Å². The molecule has 1 aliphatic rings. The van der Waals surface area contributed by atoms with Crippen molar-refractivity contribution in [1.82, 2.24) is 5.32 Å². The Labute approximate surface area is 404 Å². The van der Waals surface area contributed by atoms with Gasteiger partial charge in [-0.15, -0.1) is 0 Å². The molecule has 11 heteroatoms. The summed E-state index contributed by atoms with van der Waals surface area (Å²) in [6.45, 7) is 3.43. The van der Waals surface area contributed by atoms with E-state index in [1.807, 2.05) is 0 Å². The van der Waals surface area contributed by atoms with Crippen LogP contribution in [0.25, 0.3) is 0 Å². The lowest BCUT2D eigenvalue weighted by molar-refractivity contribution is -0.303. The zero-order valence-electron chi connectivity index (χ0n) is 42.4. The largest absolute Gasteiger partial charge is 0.394 e. The molecule has 390 valence electrons. The number of ether oxygens (including phenoxy) is 2. The molecule has 0 aromatic carbocycles. The van der Waals surface area contributed by atoms with Crippen molar-refractivity contribution in [2.24, 2.45) is 0 Å². The minimum Gasteiger partial charge on any atom is -0.394 e. The molecule has 1 amide bonds. The van der Waals surface area contributed by atoms with Crippen LogP contribution >= 0.6 is 0 Å². The first-order chi connectivity index (χ1) is 32.2. The van der Waals surface area contributed by atoms with Gasteiger partial charge in [0.15, 0.2) is 6.29 Å². The van der Waals surface area contributed by atoms with E-state index in [1.165, 1.54) is 167 Å². The van der Waals surface area contributed by atoms with Gasteiger partial charge in [0.25, 0.3) is 0 Å². The second-order valence-corrected chi connectivity index (χ2v) is 19.6. The average Bonchev–Trinajstić information content (AvgIpc) is 3.32. The molecule has 1 aliphatic heterocycles. The standard InChI is InChI=1S/C55H105NO10/c1-3-5-7-9-11-13-15-17-19-20-21-22-23-24-25-26-27-28-29-31-33-35-37-39-41-43-48(59)54(64)56-46(45-65-55-53(63)52(62)51(61)49(44-57)66-55)50(60)47(58)42-40-38-36-34-32-30-18-16-14-12-10-8-6-4-2/h16,18,34,36,46-53,55,57-63H,3-15,17,19-33,35,37-45H2,1-2H3,(H,56,64)/b18-16+,36-34+. The van der Waals surface area contributed by atoms with Gasteiger partial charge >= 0.3 is 0 Å². The number of carbonyl (C=O) groups excluding carboxylic acids is 1. The monoisotopic (exact) mass is 940 g/mol.